The fourth-order valence-electron chi connectivity index (χ4n) is 1.45. The van der Waals surface area contributed by atoms with Crippen LogP contribution < -0.4 is 0 Å². The fourth-order valence-corrected chi connectivity index (χ4v) is 1.45. The van der Waals surface area contributed by atoms with Crippen LogP contribution in [0.25, 0.3) is 6.08 Å². The van der Waals surface area contributed by atoms with Gasteiger partial charge in [0.1, 0.15) is 6.73 Å². The zero-order valence-electron chi connectivity index (χ0n) is 9.04. The van der Waals surface area contributed by atoms with Gasteiger partial charge in [-0.05, 0) is 17.7 Å². The molecule has 0 bridgehead atoms. The first-order valence-electron chi connectivity index (χ1n) is 5.16. The van der Waals surface area contributed by atoms with Gasteiger partial charge in [0.05, 0.1) is 12.3 Å². The second-order valence-corrected chi connectivity index (χ2v) is 3.42. The van der Waals surface area contributed by atoms with Crippen LogP contribution in [-0.2, 0) is 18.1 Å². The van der Waals surface area contributed by atoms with Crippen LogP contribution in [0.5, 0.6) is 0 Å². The van der Waals surface area contributed by atoms with Gasteiger partial charge in [0.15, 0.2) is 0 Å². The summed E-state index contributed by atoms with van der Waals surface area (Å²) in [4.78, 5) is 0. The molecule has 0 saturated carbocycles. The van der Waals surface area contributed by atoms with Crippen LogP contribution in [0.2, 0.25) is 0 Å². The summed E-state index contributed by atoms with van der Waals surface area (Å²) in [5, 5.41) is 4.14. The molecule has 0 aliphatic heterocycles. The maximum atomic E-state index is 5.56. The van der Waals surface area contributed by atoms with Gasteiger partial charge in [-0.15, -0.1) is 0 Å². The van der Waals surface area contributed by atoms with E-state index in [1.807, 2.05) is 36.4 Å². The highest BCUT2D eigenvalue weighted by Gasteiger charge is 1.98. The van der Waals surface area contributed by atoms with Crippen molar-refractivity contribution in [3.05, 3.63) is 60.4 Å². The summed E-state index contributed by atoms with van der Waals surface area (Å²) in [7, 11) is 0. The highest BCUT2D eigenvalue weighted by molar-refractivity contribution is 5.40. The summed E-state index contributed by atoms with van der Waals surface area (Å²) in [5.41, 5.74) is 2.13. The van der Waals surface area contributed by atoms with Crippen molar-refractivity contribution in [3.63, 3.8) is 0 Å². The zero-order chi connectivity index (χ0) is 11.2. The van der Waals surface area contributed by atoms with Crippen molar-refractivity contribution in [2.75, 3.05) is 0 Å². The first-order valence-corrected chi connectivity index (χ1v) is 5.16. The van der Waals surface area contributed by atoms with Gasteiger partial charge in [0, 0.05) is 6.20 Å². The van der Waals surface area contributed by atoms with Gasteiger partial charge in [-0.1, -0.05) is 36.9 Å². The molecule has 1 aromatic heterocycles. The molecule has 0 radical (unpaired) electrons. The van der Waals surface area contributed by atoms with Crippen molar-refractivity contribution in [1.29, 1.82) is 0 Å². The predicted octanol–water partition coefficient (Wildman–Crippen LogP) is 2.70. The minimum absolute atomic E-state index is 0.448. The lowest BCUT2D eigenvalue weighted by Crippen LogP contribution is -2.05. The predicted molar refractivity (Wildman–Crippen MR) is 63.5 cm³/mol. The molecule has 0 N–H and O–H groups in total. The van der Waals surface area contributed by atoms with Crippen molar-refractivity contribution in [2.45, 2.75) is 13.3 Å². The van der Waals surface area contributed by atoms with Crippen LogP contribution in [0.3, 0.4) is 0 Å². The molecular weight excluding hydrogens is 200 g/mol. The van der Waals surface area contributed by atoms with E-state index < -0.39 is 0 Å². The summed E-state index contributed by atoms with van der Waals surface area (Å²) in [6.07, 6.45) is 3.50. The van der Waals surface area contributed by atoms with Gasteiger partial charge < -0.3 is 4.74 Å². The summed E-state index contributed by atoms with van der Waals surface area (Å²) < 4.78 is 7.33. The van der Waals surface area contributed by atoms with E-state index in [4.69, 9.17) is 4.74 Å². The van der Waals surface area contributed by atoms with Crippen LogP contribution >= 0.6 is 0 Å². The lowest BCUT2D eigenvalue weighted by molar-refractivity contribution is 0.0557. The summed E-state index contributed by atoms with van der Waals surface area (Å²) in [5.74, 6) is 0. The van der Waals surface area contributed by atoms with Crippen LogP contribution in [0.1, 0.15) is 11.3 Å². The standard InChI is InChI=1S/C13H14N2O/c1-2-13-8-9-14-15(13)11-16-10-12-6-4-3-5-7-12/h2-9H,1,10-11H2. The van der Waals surface area contributed by atoms with Gasteiger partial charge in [-0.3, -0.25) is 0 Å². The zero-order valence-corrected chi connectivity index (χ0v) is 9.04. The van der Waals surface area contributed by atoms with E-state index in [2.05, 4.69) is 11.7 Å². The quantitative estimate of drug-likeness (QED) is 0.765. The van der Waals surface area contributed by atoms with E-state index in [0.29, 0.717) is 13.3 Å². The molecule has 1 aromatic carbocycles. The van der Waals surface area contributed by atoms with Crippen LogP contribution in [0.15, 0.2) is 49.2 Å². The molecule has 0 unspecified atom stereocenters. The third-order valence-electron chi connectivity index (χ3n) is 2.28. The topological polar surface area (TPSA) is 27.1 Å². The second-order valence-electron chi connectivity index (χ2n) is 3.42. The van der Waals surface area contributed by atoms with E-state index in [1.54, 1.807) is 17.0 Å². The molecule has 0 fully saturated rings. The van der Waals surface area contributed by atoms with E-state index in [-0.39, 0.29) is 0 Å². The SMILES string of the molecule is C=Cc1ccnn1COCc1ccccc1. The Labute approximate surface area is 95.0 Å². The average Bonchev–Trinajstić information content (AvgIpc) is 2.78. The lowest BCUT2D eigenvalue weighted by Gasteiger charge is -2.06. The maximum absolute atomic E-state index is 5.56. The number of rotatable bonds is 5. The molecule has 0 saturated heterocycles. The summed E-state index contributed by atoms with van der Waals surface area (Å²) >= 11 is 0. The fraction of sp³-hybridized carbons (Fsp3) is 0.154. The molecule has 16 heavy (non-hydrogen) atoms. The molecule has 0 spiro atoms. The maximum Gasteiger partial charge on any atom is 0.140 e. The van der Waals surface area contributed by atoms with Crippen LogP contribution in [0, 0.1) is 0 Å². The van der Waals surface area contributed by atoms with Crippen LogP contribution in [0.4, 0.5) is 0 Å². The third-order valence-corrected chi connectivity index (χ3v) is 2.28. The van der Waals surface area contributed by atoms with Gasteiger partial charge in [0.25, 0.3) is 0 Å². The van der Waals surface area contributed by atoms with Crippen LogP contribution in [-0.4, -0.2) is 9.78 Å². The van der Waals surface area contributed by atoms with Crippen molar-refractivity contribution in [1.82, 2.24) is 9.78 Å². The molecule has 82 valence electrons. The van der Waals surface area contributed by atoms with Gasteiger partial charge in [-0.25, -0.2) is 4.68 Å². The summed E-state index contributed by atoms with van der Waals surface area (Å²) in [6, 6.07) is 12.0. The van der Waals surface area contributed by atoms with Gasteiger partial charge >= 0.3 is 0 Å². The normalized spacial score (nSPS) is 10.2. The molecular formula is C13H14N2O. The molecule has 2 rings (SSSR count). The van der Waals surface area contributed by atoms with Crippen molar-refractivity contribution >= 4 is 6.08 Å². The molecule has 0 aliphatic rings. The van der Waals surface area contributed by atoms with E-state index in [9.17, 15) is 0 Å². The number of nitrogens with zero attached hydrogens (tertiary/aromatic N) is 2. The van der Waals surface area contributed by atoms with Crippen molar-refractivity contribution in [2.24, 2.45) is 0 Å². The van der Waals surface area contributed by atoms with Gasteiger partial charge in [-0.2, -0.15) is 5.10 Å². The lowest BCUT2D eigenvalue weighted by atomic mass is 10.2. The third kappa shape index (κ3) is 2.58. The number of benzene rings is 1. The minimum atomic E-state index is 0.448. The van der Waals surface area contributed by atoms with E-state index >= 15 is 0 Å². The van der Waals surface area contributed by atoms with Crippen molar-refractivity contribution in [3.8, 4) is 0 Å². The first kappa shape index (κ1) is 10.6. The molecule has 0 amide bonds. The molecule has 0 atom stereocenters. The highest BCUT2D eigenvalue weighted by Crippen LogP contribution is 2.04. The van der Waals surface area contributed by atoms with Crippen molar-refractivity contribution < 1.29 is 4.74 Å². The summed E-state index contributed by atoms with van der Waals surface area (Å²) in [6.45, 7) is 4.76. The number of ether oxygens (including phenoxy) is 1. The number of hydrogen-bond donors (Lipinski definition) is 0. The Morgan fingerprint density at radius 2 is 2.06 bits per heavy atom. The Balaban J connectivity index is 1.87. The smallest absolute Gasteiger partial charge is 0.140 e. The molecule has 1 heterocycles. The Morgan fingerprint density at radius 3 is 2.81 bits per heavy atom. The molecule has 2 aromatic rings. The Hall–Kier alpha value is -1.87. The second kappa shape index (κ2) is 5.28. The van der Waals surface area contributed by atoms with Gasteiger partial charge in [0.2, 0.25) is 0 Å². The first-order chi connectivity index (χ1) is 7.90. The largest absolute Gasteiger partial charge is 0.355 e. The molecule has 3 heteroatoms. The number of hydrogen-bond acceptors (Lipinski definition) is 2. The number of aromatic nitrogens is 2. The average molecular weight is 214 g/mol. The monoisotopic (exact) mass is 214 g/mol. The Kier molecular flexibility index (Phi) is 3.51. The Bertz CT molecular complexity index is 448. The Morgan fingerprint density at radius 1 is 1.25 bits per heavy atom. The van der Waals surface area contributed by atoms with E-state index in [1.165, 1.54) is 0 Å². The minimum Gasteiger partial charge on any atom is -0.355 e. The van der Waals surface area contributed by atoms with E-state index in [0.717, 1.165) is 11.3 Å². The molecule has 3 nitrogen and oxygen atoms in total. The molecule has 0 aliphatic carbocycles. The highest BCUT2D eigenvalue weighted by atomic mass is 16.5.